The van der Waals surface area contributed by atoms with Gasteiger partial charge in [-0.2, -0.15) is 0 Å². The third kappa shape index (κ3) is 3.23. The molecule has 0 aliphatic heterocycles. The molecule has 1 aromatic rings. The van der Waals surface area contributed by atoms with Gasteiger partial charge >= 0.3 is 0 Å². The van der Waals surface area contributed by atoms with Crippen molar-refractivity contribution in [2.45, 2.75) is 19.8 Å². The van der Waals surface area contributed by atoms with Crippen LogP contribution < -0.4 is 5.32 Å². The zero-order valence-electron chi connectivity index (χ0n) is 9.57. The molecule has 2 rings (SSSR count). The molecule has 1 aromatic carbocycles. The summed E-state index contributed by atoms with van der Waals surface area (Å²) in [7, 11) is 0. The van der Waals surface area contributed by atoms with E-state index in [1.807, 2.05) is 25.1 Å². The van der Waals surface area contributed by atoms with Gasteiger partial charge in [-0.15, -0.1) is 0 Å². The minimum atomic E-state index is 0.209. The van der Waals surface area contributed by atoms with Gasteiger partial charge in [0.15, 0.2) is 0 Å². The van der Waals surface area contributed by atoms with Crippen molar-refractivity contribution in [3.63, 3.8) is 0 Å². The van der Waals surface area contributed by atoms with Crippen LogP contribution >= 0.6 is 0 Å². The van der Waals surface area contributed by atoms with Crippen LogP contribution in [-0.2, 0) is 4.79 Å². The highest BCUT2D eigenvalue weighted by atomic mass is 16.2. The number of carbonyl (C=O) groups excluding carboxylic acids is 1. The van der Waals surface area contributed by atoms with Gasteiger partial charge < -0.3 is 5.32 Å². The quantitative estimate of drug-likeness (QED) is 0.822. The topological polar surface area (TPSA) is 29.1 Å². The first-order valence-electron chi connectivity index (χ1n) is 5.75. The van der Waals surface area contributed by atoms with Gasteiger partial charge in [-0.25, -0.2) is 0 Å². The second-order valence-corrected chi connectivity index (χ2v) is 4.39. The van der Waals surface area contributed by atoms with E-state index in [9.17, 15) is 4.79 Å². The van der Waals surface area contributed by atoms with Gasteiger partial charge in [0.1, 0.15) is 0 Å². The van der Waals surface area contributed by atoms with Gasteiger partial charge in [0, 0.05) is 12.5 Å². The van der Waals surface area contributed by atoms with Crippen LogP contribution in [0.1, 0.15) is 25.3 Å². The minimum Gasteiger partial charge on any atom is -0.352 e. The maximum Gasteiger partial charge on any atom is 0.223 e. The summed E-state index contributed by atoms with van der Waals surface area (Å²) < 4.78 is 0. The van der Waals surface area contributed by atoms with Gasteiger partial charge in [-0.05, 0) is 25.3 Å². The molecule has 1 aliphatic rings. The highest BCUT2D eigenvalue weighted by Gasteiger charge is 2.28. The van der Waals surface area contributed by atoms with E-state index in [2.05, 4.69) is 23.5 Å². The fourth-order valence-corrected chi connectivity index (χ4v) is 1.60. The van der Waals surface area contributed by atoms with Crippen LogP contribution in [0.5, 0.6) is 0 Å². The molecule has 16 heavy (non-hydrogen) atoms. The highest BCUT2D eigenvalue weighted by Crippen LogP contribution is 2.28. The Kier molecular flexibility index (Phi) is 3.40. The van der Waals surface area contributed by atoms with E-state index < -0.39 is 0 Å². The van der Waals surface area contributed by atoms with Crippen molar-refractivity contribution >= 4 is 12.0 Å². The number of rotatable bonds is 4. The standard InChI is InChI=1S/C14H17NO/c1-11(9-12-5-3-2-4-6-12)10-15-14(16)13-7-8-13/h2-6,9,13H,7-8,10H2,1H3,(H,15,16). The number of nitrogens with one attached hydrogen (secondary N) is 1. The van der Waals surface area contributed by atoms with E-state index in [4.69, 9.17) is 0 Å². The fourth-order valence-electron chi connectivity index (χ4n) is 1.60. The molecule has 1 aliphatic carbocycles. The Hall–Kier alpha value is -1.57. The van der Waals surface area contributed by atoms with Crippen LogP contribution in [0, 0.1) is 5.92 Å². The predicted octanol–water partition coefficient (Wildman–Crippen LogP) is 2.62. The van der Waals surface area contributed by atoms with Crippen molar-refractivity contribution in [1.82, 2.24) is 5.32 Å². The van der Waals surface area contributed by atoms with Crippen LogP contribution in [0.3, 0.4) is 0 Å². The molecule has 2 nitrogen and oxygen atoms in total. The predicted molar refractivity (Wildman–Crippen MR) is 65.8 cm³/mol. The molecule has 1 amide bonds. The average molecular weight is 215 g/mol. The fraction of sp³-hybridized carbons (Fsp3) is 0.357. The smallest absolute Gasteiger partial charge is 0.223 e. The van der Waals surface area contributed by atoms with Gasteiger partial charge in [-0.3, -0.25) is 4.79 Å². The van der Waals surface area contributed by atoms with Gasteiger partial charge in [0.2, 0.25) is 5.91 Å². The number of hydrogen-bond acceptors (Lipinski definition) is 1. The first-order valence-corrected chi connectivity index (χ1v) is 5.75. The summed E-state index contributed by atoms with van der Waals surface area (Å²) in [6, 6.07) is 10.2. The second kappa shape index (κ2) is 4.97. The Labute approximate surface area is 96.4 Å². The van der Waals surface area contributed by atoms with Gasteiger partial charge in [0.05, 0.1) is 0 Å². The molecule has 0 radical (unpaired) electrons. The Balaban J connectivity index is 1.85. The summed E-state index contributed by atoms with van der Waals surface area (Å²) in [5.74, 6) is 0.505. The first kappa shape index (κ1) is 10.9. The molecule has 0 heterocycles. The maximum atomic E-state index is 11.4. The van der Waals surface area contributed by atoms with E-state index in [-0.39, 0.29) is 5.91 Å². The molecule has 1 saturated carbocycles. The lowest BCUT2D eigenvalue weighted by Gasteiger charge is -2.04. The van der Waals surface area contributed by atoms with Crippen molar-refractivity contribution in [3.8, 4) is 0 Å². The van der Waals surface area contributed by atoms with Crippen molar-refractivity contribution in [2.24, 2.45) is 5.92 Å². The van der Waals surface area contributed by atoms with E-state index in [1.165, 1.54) is 11.1 Å². The lowest BCUT2D eigenvalue weighted by atomic mass is 10.1. The normalized spacial score (nSPS) is 15.9. The summed E-state index contributed by atoms with van der Waals surface area (Å²) in [5.41, 5.74) is 2.36. The summed E-state index contributed by atoms with van der Waals surface area (Å²) in [6.45, 7) is 2.70. The second-order valence-electron chi connectivity index (χ2n) is 4.39. The summed E-state index contributed by atoms with van der Waals surface area (Å²) >= 11 is 0. The molecular formula is C14H17NO. The van der Waals surface area contributed by atoms with E-state index in [1.54, 1.807) is 0 Å². The summed E-state index contributed by atoms with van der Waals surface area (Å²) in [6.07, 6.45) is 4.23. The van der Waals surface area contributed by atoms with Crippen LogP contribution in [0.2, 0.25) is 0 Å². The van der Waals surface area contributed by atoms with E-state index >= 15 is 0 Å². The first-order chi connectivity index (χ1) is 7.75. The van der Waals surface area contributed by atoms with E-state index in [0.717, 1.165) is 12.8 Å². The molecule has 2 heteroatoms. The summed E-state index contributed by atoms with van der Waals surface area (Å²) in [5, 5.41) is 2.96. The SMILES string of the molecule is CC(=Cc1ccccc1)CNC(=O)C1CC1. The van der Waals surface area contributed by atoms with Crippen LogP contribution in [0.4, 0.5) is 0 Å². The molecule has 0 spiro atoms. The van der Waals surface area contributed by atoms with Crippen molar-refractivity contribution in [2.75, 3.05) is 6.54 Å². The maximum absolute atomic E-state index is 11.4. The van der Waals surface area contributed by atoms with Crippen LogP contribution in [-0.4, -0.2) is 12.5 Å². The Morgan fingerprint density at radius 3 is 2.69 bits per heavy atom. The van der Waals surface area contributed by atoms with Crippen LogP contribution in [0.15, 0.2) is 35.9 Å². The van der Waals surface area contributed by atoms with Crippen molar-refractivity contribution in [3.05, 3.63) is 41.5 Å². The Bertz CT molecular complexity index is 390. The molecule has 0 aromatic heterocycles. The van der Waals surface area contributed by atoms with Gasteiger partial charge in [0.25, 0.3) is 0 Å². The molecule has 0 bridgehead atoms. The number of amides is 1. The molecule has 0 unspecified atom stereocenters. The van der Waals surface area contributed by atoms with E-state index in [0.29, 0.717) is 12.5 Å². The number of carbonyl (C=O) groups is 1. The lowest BCUT2D eigenvalue weighted by molar-refractivity contribution is -0.122. The Morgan fingerprint density at radius 1 is 1.38 bits per heavy atom. The highest BCUT2D eigenvalue weighted by molar-refractivity contribution is 5.81. The van der Waals surface area contributed by atoms with Crippen molar-refractivity contribution < 1.29 is 4.79 Å². The molecule has 1 fully saturated rings. The summed E-state index contributed by atoms with van der Waals surface area (Å²) in [4.78, 5) is 11.4. The number of hydrogen-bond donors (Lipinski definition) is 1. The Morgan fingerprint density at radius 2 is 2.06 bits per heavy atom. The zero-order chi connectivity index (χ0) is 11.4. The minimum absolute atomic E-state index is 0.209. The van der Waals surface area contributed by atoms with Crippen LogP contribution in [0.25, 0.3) is 6.08 Å². The molecule has 1 N–H and O–H groups in total. The average Bonchev–Trinajstić information content (AvgIpc) is 3.11. The monoisotopic (exact) mass is 215 g/mol. The molecular weight excluding hydrogens is 198 g/mol. The molecule has 84 valence electrons. The molecule has 0 atom stereocenters. The largest absolute Gasteiger partial charge is 0.352 e. The van der Waals surface area contributed by atoms with Crippen molar-refractivity contribution in [1.29, 1.82) is 0 Å². The number of benzene rings is 1. The third-order valence-electron chi connectivity index (χ3n) is 2.70. The lowest BCUT2D eigenvalue weighted by Crippen LogP contribution is -2.26. The zero-order valence-corrected chi connectivity index (χ0v) is 9.57. The third-order valence-corrected chi connectivity index (χ3v) is 2.70. The molecule has 0 saturated heterocycles. The van der Waals surface area contributed by atoms with Gasteiger partial charge in [-0.1, -0.05) is 42.0 Å².